The monoisotopic (exact) mass is 360 g/mol. The summed E-state index contributed by atoms with van der Waals surface area (Å²) in [5.41, 5.74) is 3.40. The molecule has 4 rings (SSSR count). The van der Waals surface area contributed by atoms with E-state index >= 15 is 0 Å². The van der Waals surface area contributed by atoms with Crippen molar-refractivity contribution in [3.8, 4) is 0 Å². The van der Waals surface area contributed by atoms with Crippen LogP contribution in [0.3, 0.4) is 0 Å². The summed E-state index contributed by atoms with van der Waals surface area (Å²) in [7, 11) is 0. The lowest BCUT2D eigenvalue weighted by Crippen LogP contribution is -2.61. The maximum Gasteiger partial charge on any atom is 0.255 e. The number of carbonyl (C=O) groups excluding carboxylic acids is 1. The van der Waals surface area contributed by atoms with Gasteiger partial charge in [-0.25, -0.2) is 0 Å². The average molecular weight is 361 g/mol. The minimum absolute atomic E-state index is 0.00896. The van der Waals surface area contributed by atoms with Gasteiger partial charge in [-0.1, -0.05) is 47.5 Å². The van der Waals surface area contributed by atoms with E-state index in [1.165, 1.54) is 11.1 Å². The molecule has 0 aromatic heterocycles. The number of nitrogens with zero attached hydrogens (tertiary/aromatic N) is 2. The molecular formula is C19H18Cl2N2O. The fourth-order valence-electron chi connectivity index (χ4n) is 3.51. The summed E-state index contributed by atoms with van der Waals surface area (Å²) in [5.74, 6) is -0.00896. The van der Waals surface area contributed by atoms with Gasteiger partial charge in [0, 0.05) is 37.2 Å². The Kier molecular flexibility index (Phi) is 4.25. The second-order valence-corrected chi connectivity index (χ2v) is 7.32. The predicted molar refractivity (Wildman–Crippen MR) is 96.7 cm³/mol. The first kappa shape index (κ1) is 15.9. The third-order valence-corrected chi connectivity index (χ3v) is 5.54. The number of halogens is 2. The molecule has 5 heteroatoms. The van der Waals surface area contributed by atoms with Crippen LogP contribution < -0.4 is 0 Å². The predicted octanol–water partition coefficient (Wildman–Crippen LogP) is 3.88. The van der Waals surface area contributed by atoms with Crippen LogP contribution in [0, 0.1) is 0 Å². The lowest BCUT2D eigenvalue weighted by Gasteiger charge is -2.47. The molecule has 3 nitrogen and oxygen atoms in total. The third-order valence-electron chi connectivity index (χ3n) is 4.99. The SMILES string of the molecule is O=C(c1ccc(Cl)cc1Cl)N1CC(N2CCc3ccccc3C2)C1. The van der Waals surface area contributed by atoms with Crippen LogP contribution in [-0.4, -0.2) is 41.4 Å². The van der Waals surface area contributed by atoms with Gasteiger partial charge in [-0.05, 0) is 35.7 Å². The van der Waals surface area contributed by atoms with Crippen LogP contribution in [0.15, 0.2) is 42.5 Å². The Hall–Kier alpha value is -1.55. The number of rotatable bonds is 2. The summed E-state index contributed by atoms with van der Waals surface area (Å²) < 4.78 is 0. The van der Waals surface area contributed by atoms with Crippen molar-refractivity contribution in [2.45, 2.75) is 19.0 Å². The number of carbonyl (C=O) groups is 1. The van der Waals surface area contributed by atoms with Crippen LogP contribution in [-0.2, 0) is 13.0 Å². The minimum Gasteiger partial charge on any atom is -0.335 e. The topological polar surface area (TPSA) is 23.6 Å². The number of hydrogen-bond acceptors (Lipinski definition) is 2. The van der Waals surface area contributed by atoms with Crippen LogP contribution in [0.1, 0.15) is 21.5 Å². The van der Waals surface area contributed by atoms with Gasteiger partial charge in [0.1, 0.15) is 0 Å². The standard InChI is InChI=1S/C19H18Cl2N2O/c20-15-5-6-17(18(21)9-15)19(24)23-11-16(12-23)22-8-7-13-3-1-2-4-14(13)10-22/h1-6,9,16H,7-8,10-12H2. The van der Waals surface area contributed by atoms with Crippen molar-refractivity contribution in [2.75, 3.05) is 19.6 Å². The molecule has 2 heterocycles. The number of likely N-dealkylation sites (tertiary alicyclic amines) is 1. The fraction of sp³-hybridized carbons (Fsp3) is 0.316. The van der Waals surface area contributed by atoms with E-state index in [2.05, 4.69) is 29.2 Å². The first-order chi connectivity index (χ1) is 11.6. The molecule has 1 fully saturated rings. The van der Waals surface area contributed by atoms with Gasteiger partial charge in [0.25, 0.3) is 5.91 Å². The third kappa shape index (κ3) is 2.92. The van der Waals surface area contributed by atoms with Crippen molar-refractivity contribution in [3.63, 3.8) is 0 Å². The lowest BCUT2D eigenvalue weighted by atomic mass is 9.96. The molecule has 2 aromatic carbocycles. The number of fused-ring (bicyclic) bond motifs is 1. The largest absolute Gasteiger partial charge is 0.335 e. The first-order valence-electron chi connectivity index (χ1n) is 8.17. The molecule has 124 valence electrons. The van der Waals surface area contributed by atoms with E-state index < -0.39 is 0 Å². The Labute approximate surface area is 151 Å². The molecule has 0 aliphatic carbocycles. The zero-order valence-electron chi connectivity index (χ0n) is 13.2. The Morgan fingerprint density at radius 3 is 2.54 bits per heavy atom. The molecule has 1 saturated heterocycles. The molecule has 2 aliphatic rings. The summed E-state index contributed by atoms with van der Waals surface area (Å²) in [6, 6.07) is 14.1. The summed E-state index contributed by atoms with van der Waals surface area (Å²) in [6.45, 7) is 3.57. The normalized spacial score (nSPS) is 18.2. The summed E-state index contributed by atoms with van der Waals surface area (Å²) >= 11 is 12.0. The van der Waals surface area contributed by atoms with E-state index in [1.807, 2.05) is 4.90 Å². The molecule has 0 bridgehead atoms. The van der Waals surface area contributed by atoms with Gasteiger partial charge in [0.2, 0.25) is 0 Å². The fourth-order valence-corrected chi connectivity index (χ4v) is 4.00. The first-order valence-corrected chi connectivity index (χ1v) is 8.92. The molecule has 2 aromatic rings. The Morgan fingerprint density at radius 1 is 1.04 bits per heavy atom. The lowest BCUT2D eigenvalue weighted by molar-refractivity contribution is 0.0218. The molecule has 0 radical (unpaired) electrons. The summed E-state index contributed by atoms with van der Waals surface area (Å²) in [5, 5.41) is 0.966. The highest BCUT2D eigenvalue weighted by atomic mass is 35.5. The number of benzene rings is 2. The zero-order chi connectivity index (χ0) is 16.7. The maximum absolute atomic E-state index is 12.6. The van der Waals surface area contributed by atoms with Crippen molar-refractivity contribution in [3.05, 3.63) is 69.2 Å². The molecule has 1 amide bonds. The van der Waals surface area contributed by atoms with Crippen molar-refractivity contribution in [1.29, 1.82) is 0 Å². The molecule has 0 saturated carbocycles. The molecule has 2 aliphatic heterocycles. The Bertz CT molecular complexity index is 787. The van der Waals surface area contributed by atoms with Crippen molar-refractivity contribution >= 4 is 29.1 Å². The molecule has 0 spiro atoms. The number of amides is 1. The van der Waals surface area contributed by atoms with Gasteiger partial charge in [-0.3, -0.25) is 9.69 Å². The van der Waals surface area contributed by atoms with E-state index in [9.17, 15) is 4.79 Å². The Balaban J connectivity index is 1.39. The molecule has 0 unspecified atom stereocenters. The minimum atomic E-state index is -0.00896. The van der Waals surface area contributed by atoms with Crippen LogP contribution in [0.25, 0.3) is 0 Å². The van der Waals surface area contributed by atoms with Crippen LogP contribution >= 0.6 is 23.2 Å². The number of hydrogen-bond donors (Lipinski definition) is 0. The van der Waals surface area contributed by atoms with Crippen molar-refractivity contribution in [1.82, 2.24) is 9.80 Å². The second-order valence-electron chi connectivity index (χ2n) is 6.48. The van der Waals surface area contributed by atoms with Gasteiger partial charge in [-0.2, -0.15) is 0 Å². The quantitative estimate of drug-likeness (QED) is 0.811. The second kappa shape index (κ2) is 6.40. The Morgan fingerprint density at radius 2 is 1.79 bits per heavy atom. The molecule has 0 atom stereocenters. The van der Waals surface area contributed by atoms with Gasteiger partial charge in [-0.15, -0.1) is 0 Å². The summed E-state index contributed by atoms with van der Waals surface area (Å²) in [6.07, 6.45) is 1.09. The van der Waals surface area contributed by atoms with E-state index in [0.717, 1.165) is 32.6 Å². The van der Waals surface area contributed by atoms with Crippen LogP contribution in [0.4, 0.5) is 0 Å². The van der Waals surface area contributed by atoms with E-state index in [-0.39, 0.29) is 5.91 Å². The van der Waals surface area contributed by atoms with Crippen LogP contribution in [0.5, 0.6) is 0 Å². The van der Waals surface area contributed by atoms with E-state index in [1.54, 1.807) is 18.2 Å². The molecule has 24 heavy (non-hydrogen) atoms. The van der Waals surface area contributed by atoms with Crippen LogP contribution in [0.2, 0.25) is 10.0 Å². The van der Waals surface area contributed by atoms with Gasteiger partial charge >= 0.3 is 0 Å². The van der Waals surface area contributed by atoms with Gasteiger partial charge in [0.15, 0.2) is 0 Å². The van der Waals surface area contributed by atoms with E-state index in [4.69, 9.17) is 23.2 Å². The zero-order valence-corrected chi connectivity index (χ0v) is 14.7. The smallest absolute Gasteiger partial charge is 0.255 e. The van der Waals surface area contributed by atoms with Crippen molar-refractivity contribution in [2.24, 2.45) is 0 Å². The molecular weight excluding hydrogens is 343 g/mol. The average Bonchev–Trinajstić information content (AvgIpc) is 2.53. The van der Waals surface area contributed by atoms with Gasteiger partial charge < -0.3 is 4.90 Å². The van der Waals surface area contributed by atoms with Crippen molar-refractivity contribution < 1.29 is 4.79 Å². The van der Waals surface area contributed by atoms with E-state index in [0.29, 0.717) is 21.7 Å². The molecule has 0 N–H and O–H groups in total. The van der Waals surface area contributed by atoms with Gasteiger partial charge in [0.05, 0.1) is 10.6 Å². The highest BCUT2D eigenvalue weighted by molar-refractivity contribution is 6.36. The summed E-state index contributed by atoms with van der Waals surface area (Å²) in [4.78, 5) is 16.9. The highest BCUT2D eigenvalue weighted by Crippen LogP contribution is 2.27. The highest BCUT2D eigenvalue weighted by Gasteiger charge is 2.36. The maximum atomic E-state index is 12.6.